The molecule has 13 heavy (non-hydrogen) atoms. The summed E-state index contributed by atoms with van der Waals surface area (Å²) in [5.74, 6) is 1.04. The maximum absolute atomic E-state index is 4.81. The van der Waals surface area contributed by atoms with Gasteiger partial charge in [0.05, 0.1) is 0 Å². The minimum atomic E-state index is 0.490. The minimum Gasteiger partial charge on any atom is -0.338 e. The molecule has 0 saturated heterocycles. The van der Waals surface area contributed by atoms with Gasteiger partial charge in [-0.2, -0.15) is 4.98 Å². The van der Waals surface area contributed by atoms with Crippen LogP contribution in [-0.2, 0) is 0 Å². The van der Waals surface area contributed by atoms with Crippen LogP contribution in [0, 0.1) is 6.92 Å². The quantitative estimate of drug-likeness (QED) is 0.759. The van der Waals surface area contributed by atoms with Crippen LogP contribution >= 0.6 is 0 Å². The monoisotopic (exact) mass is 175 g/mol. The molecule has 0 aliphatic heterocycles. The van der Waals surface area contributed by atoms with Gasteiger partial charge in [0.1, 0.15) is 0 Å². The van der Waals surface area contributed by atoms with E-state index in [1.807, 2.05) is 30.3 Å². The lowest BCUT2D eigenvalue weighted by atomic mass is 10.3. The van der Waals surface area contributed by atoms with Gasteiger partial charge in [-0.25, -0.2) is 0 Å². The van der Waals surface area contributed by atoms with E-state index in [-0.39, 0.29) is 0 Å². The van der Waals surface area contributed by atoms with E-state index < -0.39 is 0 Å². The van der Waals surface area contributed by atoms with E-state index in [4.69, 9.17) is 4.52 Å². The summed E-state index contributed by atoms with van der Waals surface area (Å²) in [6, 6.07) is 9.70. The molecule has 0 spiro atoms. The second kappa shape index (κ2) is 3.26. The molecular formula is C9H9N3O. The van der Waals surface area contributed by atoms with Crippen LogP contribution in [-0.4, -0.2) is 10.1 Å². The zero-order chi connectivity index (χ0) is 9.10. The first-order valence-corrected chi connectivity index (χ1v) is 3.97. The highest BCUT2D eigenvalue weighted by Crippen LogP contribution is 2.11. The Labute approximate surface area is 75.6 Å². The van der Waals surface area contributed by atoms with Crippen molar-refractivity contribution in [2.24, 2.45) is 0 Å². The van der Waals surface area contributed by atoms with Gasteiger partial charge >= 0.3 is 0 Å². The number of para-hydroxylation sites is 1. The highest BCUT2D eigenvalue weighted by molar-refractivity contribution is 5.51. The van der Waals surface area contributed by atoms with E-state index in [1.54, 1.807) is 6.92 Å². The first-order chi connectivity index (χ1) is 6.34. The number of aryl methyl sites for hydroxylation is 1. The van der Waals surface area contributed by atoms with E-state index in [0.717, 1.165) is 5.69 Å². The van der Waals surface area contributed by atoms with Crippen LogP contribution in [0.4, 0.5) is 11.6 Å². The number of hydrogen-bond donors (Lipinski definition) is 1. The third-order valence-corrected chi connectivity index (χ3v) is 1.56. The van der Waals surface area contributed by atoms with Crippen molar-refractivity contribution in [2.75, 3.05) is 5.32 Å². The molecule has 0 radical (unpaired) electrons. The fourth-order valence-electron chi connectivity index (χ4n) is 1.00. The van der Waals surface area contributed by atoms with Crippen molar-refractivity contribution in [2.45, 2.75) is 6.92 Å². The van der Waals surface area contributed by atoms with E-state index in [9.17, 15) is 0 Å². The molecule has 2 rings (SSSR count). The molecule has 4 heteroatoms. The molecule has 0 bridgehead atoms. The van der Waals surface area contributed by atoms with Crippen LogP contribution in [0.15, 0.2) is 34.9 Å². The summed E-state index contributed by atoms with van der Waals surface area (Å²) in [7, 11) is 0. The van der Waals surface area contributed by atoms with Crippen LogP contribution in [0.25, 0.3) is 0 Å². The van der Waals surface area contributed by atoms with Crippen LogP contribution in [0.3, 0.4) is 0 Å². The second-order valence-electron chi connectivity index (χ2n) is 2.63. The van der Waals surface area contributed by atoms with Gasteiger partial charge in [-0.1, -0.05) is 18.2 Å². The number of nitrogens with zero attached hydrogens (tertiary/aromatic N) is 2. The van der Waals surface area contributed by atoms with Crippen molar-refractivity contribution >= 4 is 11.6 Å². The summed E-state index contributed by atoms with van der Waals surface area (Å²) in [5.41, 5.74) is 0.948. The van der Waals surface area contributed by atoms with E-state index in [1.165, 1.54) is 0 Å². The number of rotatable bonds is 2. The number of benzene rings is 1. The average Bonchev–Trinajstić information content (AvgIpc) is 2.53. The molecule has 0 unspecified atom stereocenters. The molecule has 2 aromatic rings. The SMILES string of the molecule is Cc1nc(Nc2ccccc2)no1. The molecule has 0 atom stereocenters. The average molecular weight is 175 g/mol. The summed E-state index contributed by atoms with van der Waals surface area (Å²) >= 11 is 0. The molecule has 1 heterocycles. The summed E-state index contributed by atoms with van der Waals surface area (Å²) in [6.07, 6.45) is 0. The molecule has 4 nitrogen and oxygen atoms in total. The van der Waals surface area contributed by atoms with Gasteiger partial charge in [-0.3, -0.25) is 0 Å². The first-order valence-electron chi connectivity index (χ1n) is 3.97. The van der Waals surface area contributed by atoms with Gasteiger partial charge in [-0.15, -0.1) is 0 Å². The normalized spacial score (nSPS) is 9.92. The summed E-state index contributed by atoms with van der Waals surface area (Å²) in [4.78, 5) is 4.02. The highest BCUT2D eigenvalue weighted by atomic mass is 16.5. The Morgan fingerprint density at radius 3 is 2.62 bits per heavy atom. The third-order valence-electron chi connectivity index (χ3n) is 1.56. The van der Waals surface area contributed by atoms with Crippen molar-refractivity contribution < 1.29 is 4.52 Å². The molecule has 0 aliphatic carbocycles. The van der Waals surface area contributed by atoms with Gasteiger partial charge in [0, 0.05) is 12.6 Å². The number of hydrogen-bond acceptors (Lipinski definition) is 4. The maximum atomic E-state index is 4.81. The maximum Gasteiger partial charge on any atom is 0.267 e. The fourth-order valence-corrected chi connectivity index (χ4v) is 1.00. The predicted molar refractivity (Wildman–Crippen MR) is 48.8 cm³/mol. The Morgan fingerprint density at radius 2 is 2.00 bits per heavy atom. The third kappa shape index (κ3) is 1.84. The van der Waals surface area contributed by atoms with Crippen LogP contribution in [0.1, 0.15) is 5.89 Å². The largest absolute Gasteiger partial charge is 0.338 e. The van der Waals surface area contributed by atoms with Crippen LogP contribution in [0.5, 0.6) is 0 Å². The molecular weight excluding hydrogens is 166 g/mol. The number of anilines is 2. The molecule has 0 aliphatic rings. The number of nitrogens with one attached hydrogen (secondary N) is 1. The Kier molecular flexibility index (Phi) is 1.96. The van der Waals surface area contributed by atoms with Gasteiger partial charge in [0.2, 0.25) is 5.89 Å². The fraction of sp³-hybridized carbons (Fsp3) is 0.111. The van der Waals surface area contributed by atoms with E-state index in [2.05, 4.69) is 15.5 Å². The molecule has 0 saturated carbocycles. The molecule has 1 aromatic carbocycles. The lowest BCUT2D eigenvalue weighted by Crippen LogP contribution is -1.91. The number of aromatic nitrogens is 2. The second-order valence-corrected chi connectivity index (χ2v) is 2.63. The van der Waals surface area contributed by atoms with E-state index >= 15 is 0 Å². The van der Waals surface area contributed by atoms with Crippen molar-refractivity contribution in [1.82, 2.24) is 10.1 Å². The summed E-state index contributed by atoms with van der Waals surface area (Å²) in [5, 5.41) is 6.72. The highest BCUT2D eigenvalue weighted by Gasteiger charge is 2.00. The van der Waals surface area contributed by atoms with Crippen molar-refractivity contribution in [3.63, 3.8) is 0 Å². The van der Waals surface area contributed by atoms with Crippen molar-refractivity contribution in [1.29, 1.82) is 0 Å². The summed E-state index contributed by atoms with van der Waals surface area (Å²) in [6.45, 7) is 1.75. The Hall–Kier alpha value is -1.84. The van der Waals surface area contributed by atoms with Crippen molar-refractivity contribution in [3.8, 4) is 0 Å². The lowest BCUT2D eigenvalue weighted by Gasteiger charge is -1.97. The van der Waals surface area contributed by atoms with Crippen LogP contribution in [0.2, 0.25) is 0 Å². The van der Waals surface area contributed by atoms with E-state index in [0.29, 0.717) is 11.8 Å². The lowest BCUT2D eigenvalue weighted by molar-refractivity contribution is 0.395. The predicted octanol–water partition coefficient (Wildman–Crippen LogP) is 2.12. The van der Waals surface area contributed by atoms with Gasteiger partial charge in [0.25, 0.3) is 5.95 Å². The Morgan fingerprint density at radius 1 is 1.23 bits per heavy atom. The minimum absolute atomic E-state index is 0.490. The Bertz CT molecular complexity index is 383. The van der Waals surface area contributed by atoms with Gasteiger partial charge < -0.3 is 9.84 Å². The zero-order valence-electron chi connectivity index (χ0n) is 7.19. The standard InChI is InChI=1S/C9H9N3O/c1-7-10-9(12-13-7)11-8-5-3-2-4-6-8/h2-6H,1H3,(H,11,12). The smallest absolute Gasteiger partial charge is 0.267 e. The molecule has 0 fully saturated rings. The topological polar surface area (TPSA) is 51.0 Å². The van der Waals surface area contributed by atoms with Gasteiger partial charge in [0.15, 0.2) is 0 Å². The molecule has 1 aromatic heterocycles. The molecule has 0 amide bonds. The first kappa shape index (κ1) is 7.79. The summed E-state index contributed by atoms with van der Waals surface area (Å²) < 4.78 is 4.81. The molecule has 1 N–H and O–H groups in total. The molecule has 66 valence electrons. The zero-order valence-corrected chi connectivity index (χ0v) is 7.19. The Balaban J connectivity index is 2.15. The van der Waals surface area contributed by atoms with Crippen LogP contribution < -0.4 is 5.32 Å². The van der Waals surface area contributed by atoms with Gasteiger partial charge in [-0.05, 0) is 17.3 Å². The van der Waals surface area contributed by atoms with Crippen molar-refractivity contribution in [3.05, 3.63) is 36.2 Å².